The van der Waals surface area contributed by atoms with Gasteiger partial charge in [0.1, 0.15) is 0 Å². The second kappa shape index (κ2) is 13.2. The summed E-state index contributed by atoms with van der Waals surface area (Å²) in [5.74, 6) is 0.704. The monoisotopic (exact) mass is 710 g/mol. The van der Waals surface area contributed by atoms with E-state index in [1.807, 2.05) is 18.2 Å². The molecular weight excluding hydrogens is 677 g/mol. The van der Waals surface area contributed by atoms with E-state index in [9.17, 15) is 0 Å². The van der Waals surface area contributed by atoms with E-state index in [0.717, 1.165) is 50.0 Å². The van der Waals surface area contributed by atoms with Gasteiger partial charge in [-0.2, -0.15) is 0 Å². The van der Waals surface area contributed by atoms with Gasteiger partial charge in [0.25, 0.3) is 0 Å². The summed E-state index contributed by atoms with van der Waals surface area (Å²) in [6.07, 6.45) is 0. The fraction of sp³-hybridized carbons (Fsp3) is 0. The van der Waals surface area contributed by atoms with E-state index in [1.54, 1.807) is 0 Å². The first kappa shape index (κ1) is 32.0. The lowest BCUT2D eigenvalue weighted by molar-refractivity contribution is 1.19. The molecule has 0 unspecified atom stereocenters. The molecule has 0 N–H and O–H groups in total. The van der Waals surface area contributed by atoms with Gasteiger partial charge in [-0.3, -0.25) is 0 Å². The van der Waals surface area contributed by atoms with Crippen molar-refractivity contribution in [2.75, 3.05) is 0 Å². The first-order valence-electron chi connectivity index (χ1n) is 19.1. The highest BCUT2D eigenvalue weighted by molar-refractivity contribution is 6.20. The maximum absolute atomic E-state index is 5.30. The average molecular weight is 711 g/mol. The first-order valence-corrected chi connectivity index (χ1v) is 19.1. The molecule has 0 bridgehead atoms. The Bertz CT molecular complexity index is 3290. The van der Waals surface area contributed by atoms with Crippen molar-refractivity contribution < 1.29 is 0 Å². The molecule has 10 aromatic carbocycles. The van der Waals surface area contributed by atoms with Crippen LogP contribution in [0.15, 0.2) is 206 Å². The Morgan fingerprint density at radius 3 is 1.54 bits per heavy atom. The third-order valence-electron chi connectivity index (χ3n) is 11.2. The Morgan fingerprint density at radius 2 is 0.786 bits per heavy atom. The van der Waals surface area contributed by atoms with Crippen molar-refractivity contribution in [1.82, 2.24) is 9.97 Å². The van der Waals surface area contributed by atoms with E-state index in [4.69, 9.17) is 9.97 Å². The van der Waals surface area contributed by atoms with E-state index >= 15 is 0 Å². The lowest BCUT2D eigenvalue weighted by Crippen LogP contribution is -1.98. The van der Waals surface area contributed by atoms with Gasteiger partial charge in [0.05, 0.1) is 11.4 Å². The van der Waals surface area contributed by atoms with Crippen molar-refractivity contribution in [3.05, 3.63) is 206 Å². The molecule has 0 saturated heterocycles. The van der Waals surface area contributed by atoms with Crippen molar-refractivity contribution in [3.8, 4) is 56.2 Å². The van der Waals surface area contributed by atoms with Crippen molar-refractivity contribution in [3.63, 3.8) is 0 Å². The Labute approximate surface area is 325 Å². The summed E-state index contributed by atoms with van der Waals surface area (Å²) in [4.78, 5) is 10.5. The molecule has 0 aliphatic rings. The SMILES string of the molecule is c1ccc(-c2nc(-c3ccc4cc(-c5c6ccccc6cc6c5ccc5ccccc56)ccc4c3)cc(-c3c(-c4ccccc4)ccc4ccccc34)n2)cc1. The van der Waals surface area contributed by atoms with E-state index in [2.05, 4.69) is 188 Å². The highest BCUT2D eigenvalue weighted by Crippen LogP contribution is 2.42. The molecule has 0 spiro atoms. The third-order valence-corrected chi connectivity index (χ3v) is 11.2. The van der Waals surface area contributed by atoms with Gasteiger partial charge < -0.3 is 0 Å². The minimum atomic E-state index is 0.704. The molecule has 0 saturated carbocycles. The molecule has 0 fully saturated rings. The Morgan fingerprint density at radius 1 is 0.250 bits per heavy atom. The topological polar surface area (TPSA) is 25.8 Å². The average Bonchev–Trinajstić information content (AvgIpc) is 3.28. The summed E-state index contributed by atoms with van der Waals surface area (Å²) in [6.45, 7) is 0. The fourth-order valence-corrected chi connectivity index (χ4v) is 8.54. The number of hydrogen-bond donors (Lipinski definition) is 0. The second-order valence-electron chi connectivity index (χ2n) is 14.5. The van der Waals surface area contributed by atoms with E-state index in [0.29, 0.717) is 5.82 Å². The largest absolute Gasteiger partial charge is 0.228 e. The molecule has 11 rings (SSSR count). The van der Waals surface area contributed by atoms with Crippen LogP contribution in [0.5, 0.6) is 0 Å². The first-order chi connectivity index (χ1) is 27.7. The Hall–Kier alpha value is -7.42. The maximum Gasteiger partial charge on any atom is 0.160 e. The number of benzene rings is 10. The van der Waals surface area contributed by atoms with Gasteiger partial charge in [-0.05, 0) is 100 Å². The summed E-state index contributed by atoms with van der Waals surface area (Å²) in [7, 11) is 0. The summed E-state index contributed by atoms with van der Waals surface area (Å²) in [6, 6.07) is 74.1. The zero-order chi connectivity index (χ0) is 37.0. The van der Waals surface area contributed by atoms with Crippen LogP contribution in [0.25, 0.3) is 110 Å². The van der Waals surface area contributed by atoms with Gasteiger partial charge in [0.2, 0.25) is 0 Å². The predicted octanol–water partition coefficient (Wildman–Crippen LogP) is 14.6. The van der Waals surface area contributed by atoms with Crippen molar-refractivity contribution in [1.29, 1.82) is 0 Å². The molecule has 2 nitrogen and oxygen atoms in total. The highest BCUT2D eigenvalue weighted by Gasteiger charge is 2.18. The van der Waals surface area contributed by atoms with Crippen molar-refractivity contribution >= 4 is 53.9 Å². The molecular formula is C54H34N2. The van der Waals surface area contributed by atoms with Crippen LogP contribution < -0.4 is 0 Å². The summed E-state index contributed by atoms with van der Waals surface area (Å²) < 4.78 is 0. The number of nitrogens with zero attached hydrogens (tertiary/aromatic N) is 2. The Kier molecular flexibility index (Phi) is 7.53. The molecule has 0 aliphatic heterocycles. The van der Waals surface area contributed by atoms with Crippen LogP contribution in [-0.4, -0.2) is 9.97 Å². The zero-order valence-corrected chi connectivity index (χ0v) is 30.5. The molecule has 260 valence electrons. The number of rotatable bonds is 5. The van der Waals surface area contributed by atoms with Crippen LogP contribution in [-0.2, 0) is 0 Å². The molecule has 11 aromatic rings. The summed E-state index contributed by atoms with van der Waals surface area (Å²) >= 11 is 0. The van der Waals surface area contributed by atoms with Crippen LogP contribution in [0.2, 0.25) is 0 Å². The lowest BCUT2D eigenvalue weighted by atomic mass is 9.89. The van der Waals surface area contributed by atoms with Crippen LogP contribution >= 0.6 is 0 Å². The van der Waals surface area contributed by atoms with Crippen molar-refractivity contribution in [2.45, 2.75) is 0 Å². The van der Waals surface area contributed by atoms with E-state index in [1.165, 1.54) is 54.2 Å². The smallest absolute Gasteiger partial charge is 0.160 e. The lowest BCUT2D eigenvalue weighted by Gasteiger charge is -2.16. The van der Waals surface area contributed by atoms with Gasteiger partial charge in [0, 0.05) is 16.7 Å². The van der Waals surface area contributed by atoms with Gasteiger partial charge in [-0.15, -0.1) is 0 Å². The van der Waals surface area contributed by atoms with Crippen LogP contribution in [0.1, 0.15) is 0 Å². The standard InChI is InChI=1S/C54H34N2/c1-3-13-35(14-4-1)47-29-27-37-16-8-11-21-45(37)53(47)51-34-50(55-54(56-51)38-17-5-2-6-18-38)42-25-23-40-32-43(26-24-39(40)31-42)52-46-22-12-9-19-41(46)33-49-44-20-10-7-15-36(44)28-30-48(49)52/h1-34H. The summed E-state index contributed by atoms with van der Waals surface area (Å²) in [5, 5.41) is 12.3. The number of fused-ring (bicyclic) bond motifs is 6. The maximum atomic E-state index is 5.30. The zero-order valence-electron chi connectivity index (χ0n) is 30.5. The molecule has 0 aliphatic carbocycles. The van der Waals surface area contributed by atoms with Crippen LogP contribution in [0, 0.1) is 0 Å². The van der Waals surface area contributed by atoms with Gasteiger partial charge in [-0.25, -0.2) is 9.97 Å². The molecule has 1 aromatic heterocycles. The van der Waals surface area contributed by atoms with Crippen LogP contribution in [0.4, 0.5) is 0 Å². The molecule has 0 radical (unpaired) electrons. The minimum absolute atomic E-state index is 0.704. The highest BCUT2D eigenvalue weighted by atomic mass is 14.9. The number of aromatic nitrogens is 2. The normalized spacial score (nSPS) is 11.6. The molecule has 0 amide bonds. The van der Waals surface area contributed by atoms with Crippen molar-refractivity contribution in [2.24, 2.45) is 0 Å². The quantitative estimate of drug-likeness (QED) is 0.131. The van der Waals surface area contributed by atoms with Crippen LogP contribution in [0.3, 0.4) is 0 Å². The third kappa shape index (κ3) is 5.42. The molecule has 56 heavy (non-hydrogen) atoms. The van der Waals surface area contributed by atoms with E-state index < -0.39 is 0 Å². The fourth-order valence-electron chi connectivity index (χ4n) is 8.54. The van der Waals surface area contributed by atoms with Gasteiger partial charge in [-0.1, -0.05) is 182 Å². The second-order valence-corrected chi connectivity index (χ2v) is 14.5. The summed E-state index contributed by atoms with van der Waals surface area (Å²) in [5.41, 5.74) is 9.71. The minimum Gasteiger partial charge on any atom is -0.228 e. The van der Waals surface area contributed by atoms with Gasteiger partial charge >= 0.3 is 0 Å². The van der Waals surface area contributed by atoms with E-state index in [-0.39, 0.29) is 0 Å². The molecule has 1 heterocycles. The predicted molar refractivity (Wildman–Crippen MR) is 237 cm³/mol. The molecule has 2 heteroatoms. The Balaban J connectivity index is 1.09. The van der Waals surface area contributed by atoms with Gasteiger partial charge in [0.15, 0.2) is 5.82 Å². The number of hydrogen-bond acceptors (Lipinski definition) is 2. The molecule has 0 atom stereocenters.